The van der Waals surface area contributed by atoms with E-state index in [4.69, 9.17) is 20.4 Å². The van der Waals surface area contributed by atoms with Crippen LogP contribution in [0.5, 0.6) is 0 Å². The first-order valence-corrected chi connectivity index (χ1v) is 60.0. The lowest BCUT2D eigenvalue weighted by Gasteiger charge is -2.21. The molecule has 8 aliphatic rings. The van der Waals surface area contributed by atoms with E-state index < -0.39 is 39.5 Å². The highest BCUT2D eigenvalue weighted by Gasteiger charge is 2.46. The van der Waals surface area contributed by atoms with Crippen LogP contribution in [0.15, 0.2) is 256 Å². The molecule has 30 heteroatoms. The minimum Gasteiger partial charge on any atom is -0.341 e. The summed E-state index contributed by atoms with van der Waals surface area (Å²) in [6, 6.07) is 76.4. The van der Waals surface area contributed by atoms with Crippen LogP contribution in [0, 0.1) is 0 Å². The van der Waals surface area contributed by atoms with Gasteiger partial charge in [0, 0.05) is 208 Å². The lowest BCUT2D eigenvalue weighted by Crippen LogP contribution is -2.29. The van der Waals surface area contributed by atoms with Gasteiger partial charge >= 0.3 is 0 Å². The number of benzene rings is 7. The number of carbonyl (C=O) groups is 4. The van der Waals surface area contributed by atoms with Gasteiger partial charge in [-0.25, -0.2) is 38.4 Å². The normalized spacial score (nSPS) is 20.1. The van der Waals surface area contributed by atoms with Gasteiger partial charge in [0.05, 0.1) is 59.6 Å². The first kappa shape index (κ1) is 107. The predicted molar refractivity (Wildman–Crippen MR) is 579 cm³/mol. The third-order valence-electron chi connectivity index (χ3n) is 31.0. The number of pyridine rings is 1. The number of amides is 4. The summed E-state index contributed by atoms with van der Waals surface area (Å²) in [5.41, 5.74) is 18.4. The summed E-state index contributed by atoms with van der Waals surface area (Å²) in [7, 11) is -11.8. The topological polar surface area (TPSA) is 314 Å². The quantitative estimate of drug-likeness (QED) is 0.0381. The van der Waals surface area contributed by atoms with Crippen molar-refractivity contribution in [2.24, 2.45) is 0 Å². The van der Waals surface area contributed by atoms with E-state index in [0.29, 0.717) is 137 Å². The molecule has 4 aliphatic heterocycles. The highest BCUT2D eigenvalue weighted by molar-refractivity contribution is 7.92. The van der Waals surface area contributed by atoms with Gasteiger partial charge in [0.15, 0.2) is 29.5 Å². The van der Waals surface area contributed by atoms with Crippen LogP contribution in [0.2, 0.25) is 0 Å². The molecule has 7 aromatic carbocycles. The molecule has 26 nitrogen and oxygen atoms in total. The monoisotopic (exact) mass is 2080 g/mol. The first-order valence-electron chi connectivity index (χ1n) is 53.6. The molecule has 1 N–H and O–H groups in total. The van der Waals surface area contributed by atoms with Crippen LogP contribution >= 0.6 is 0 Å². The van der Waals surface area contributed by atoms with Crippen LogP contribution in [0.25, 0.3) is 0 Å². The van der Waals surface area contributed by atoms with Crippen LogP contribution < -0.4 is 4.72 Å². The lowest BCUT2D eigenvalue weighted by atomic mass is 9.86. The Hall–Kier alpha value is -11.8. The van der Waals surface area contributed by atoms with E-state index >= 15 is 0 Å². The van der Waals surface area contributed by atoms with E-state index in [2.05, 4.69) is 205 Å². The van der Waals surface area contributed by atoms with Crippen molar-refractivity contribution >= 4 is 63.2 Å². The Bertz CT molecular complexity index is 6220. The summed E-state index contributed by atoms with van der Waals surface area (Å²) in [6.07, 6.45) is 14.9. The molecule has 4 aliphatic carbocycles. The smallest absolute Gasteiger partial charge is 0.240 e. The number of sulfonamides is 1. The van der Waals surface area contributed by atoms with Crippen molar-refractivity contribution in [1.82, 2.24) is 68.4 Å². The zero-order chi connectivity index (χ0) is 105. The molecule has 4 amide bonds. The molecule has 20 rings (SSSR count). The summed E-state index contributed by atoms with van der Waals surface area (Å²) in [6.45, 7) is 27.8. The van der Waals surface area contributed by atoms with Crippen molar-refractivity contribution in [2.45, 2.75) is 294 Å². The Morgan fingerprint density at radius 3 is 0.750 bits per heavy atom. The standard InChI is InChI=1S/2C30H37N3O3S.2C29H36N4O3S/c2*1-4-37(35,36)25-15-10-22(11-16-25)12-17-30(34)32-19-26(23-8-6-5-7-9-23)27(20-32)29-18-28(24-13-14-24)31-33(29)21(2)3;1-20(2)33-28(17-27(31-33)23-12-13-23)26-19-32(18-25(26)22-7-5-4-6-8-22)29(34)16-11-21-9-14-24(15-10-21)37(35,36)30-3;1-4-37(35,36)24-14-12-23(30-17-24)13-15-29(34)32-18-25(21-8-6-5-7-9-21)26(19-32)28-16-27(22-10-11-22)31-33(28)20(2)3/h2*5-11,15-16,18,21,24,26-27H,4,12-14,17,19-20H2,1-3H3;4-10,14-15,17,20,23,25-26,30H,11-13,16,18-19H2,1-3H3;5-9,12,14,16-17,20,22,25-26H,4,10-11,13,15,18-19H2,1-3H3/t2*26-,27+;;/m10../s1. The first-order chi connectivity index (χ1) is 71.1. The van der Waals surface area contributed by atoms with E-state index in [-0.39, 0.29) is 122 Å². The Labute approximate surface area is 875 Å². The SMILES string of the molecule is CCS(=O)(=O)c1ccc(CCC(=O)N2CC(c3ccccc3)C(c3cc(C4CC4)nn3C(C)C)C2)nc1.CCS(=O)(=O)c1ccc(CCC(=O)N2C[C@@H](c3ccccc3)[C@H](c3cc(C4CC4)nn3C(C)C)C2)cc1.CCS(=O)(=O)c1ccc(CCC(=O)N2C[C@H](c3ccccc3)[C@@H](c3cc(C4CC4)nn3C(C)C)C2)cc1.CNS(=O)(=O)c1ccc(CCC(=O)N2CC(c3ccccc3)C(c3cc(C4CC4)nn3C(C)C)C2)cc1. The van der Waals surface area contributed by atoms with Crippen molar-refractivity contribution < 1.29 is 52.8 Å². The third kappa shape index (κ3) is 25.7. The van der Waals surface area contributed by atoms with Gasteiger partial charge in [0.25, 0.3) is 0 Å². The van der Waals surface area contributed by atoms with Crippen LogP contribution in [0.4, 0.5) is 0 Å². The molecule has 4 saturated heterocycles. The van der Waals surface area contributed by atoms with Gasteiger partial charge in [0.1, 0.15) is 0 Å². The van der Waals surface area contributed by atoms with Crippen molar-refractivity contribution in [1.29, 1.82) is 0 Å². The number of carbonyl (C=O) groups excluding carboxylic acids is 4. The molecule has 4 unspecified atom stereocenters. The number of aromatic nitrogens is 9. The third-order valence-corrected chi connectivity index (χ3v) is 37.7. The zero-order valence-corrected chi connectivity index (χ0v) is 91.0. The van der Waals surface area contributed by atoms with E-state index in [9.17, 15) is 52.8 Å². The van der Waals surface area contributed by atoms with Crippen LogP contribution in [0.1, 0.15) is 339 Å². The Morgan fingerprint density at radius 2 is 0.527 bits per heavy atom. The fraction of sp³-hybridized carbons (Fsp3) is 0.466. The predicted octanol–water partition coefficient (Wildman–Crippen LogP) is 20.4. The maximum Gasteiger partial charge on any atom is 0.240 e. The van der Waals surface area contributed by atoms with Crippen LogP contribution in [-0.2, 0) is 84.4 Å². The number of hydrogen-bond acceptors (Lipinski definition) is 17. The number of sulfone groups is 3. The average molecular weight is 2080 g/mol. The molecule has 4 saturated carbocycles. The number of rotatable bonds is 36. The second-order valence-corrected chi connectivity index (χ2v) is 51.5. The van der Waals surface area contributed by atoms with E-state index in [1.54, 1.807) is 81.4 Å². The van der Waals surface area contributed by atoms with Gasteiger partial charge in [-0.15, -0.1) is 0 Å². The Kier molecular flexibility index (Phi) is 33.9. The number of likely N-dealkylation sites (tertiary alicyclic amines) is 4. The molecule has 8 atom stereocenters. The highest BCUT2D eigenvalue weighted by atomic mass is 32.2. The van der Waals surface area contributed by atoms with Gasteiger partial charge in [-0.2, -0.15) is 20.4 Å². The number of hydrogen-bond donors (Lipinski definition) is 1. The van der Waals surface area contributed by atoms with Gasteiger partial charge in [0.2, 0.25) is 33.7 Å². The zero-order valence-electron chi connectivity index (χ0n) is 87.7. The van der Waals surface area contributed by atoms with Crippen LogP contribution in [-0.4, -0.2) is 198 Å². The van der Waals surface area contributed by atoms with Gasteiger partial charge < -0.3 is 19.6 Å². The van der Waals surface area contributed by atoms with E-state index in [0.717, 1.165) is 22.4 Å². The second-order valence-electron chi connectivity index (χ2n) is 42.8. The Morgan fingerprint density at radius 1 is 0.297 bits per heavy atom. The van der Waals surface area contributed by atoms with E-state index in [1.807, 2.05) is 68.1 Å². The highest BCUT2D eigenvalue weighted by Crippen LogP contribution is 2.51. The molecular formula is C118H146N14O12S4. The molecule has 784 valence electrons. The minimum absolute atomic E-state index is 0.0447. The summed E-state index contributed by atoms with van der Waals surface area (Å²) in [5.74, 6) is 4.76. The number of aryl methyl sites for hydroxylation is 4. The number of nitrogens with one attached hydrogen (secondary N) is 1. The van der Waals surface area contributed by atoms with Crippen molar-refractivity contribution in [3.05, 3.63) is 327 Å². The molecular weight excluding hydrogens is 1930 g/mol. The maximum absolute atomic E-state index is 13.4. The molecule has 9 heterocycles. The minimum atomic E-state index is -3.47. The van der Waals surface area contributed by atoms with Crippen molar-refractivity contribution in [3.8, 4) is 0 Å². The molecule has 0 spiro atoms. The molecule has 0 bridgehead atoms. The number of nitrogens with zero attached hydrogens (tertiary/aromatic N) is 13. The second kappa shape index (κ2) is 46.7. The lowest BCUT2D eigenvalue weighted by molar-refractivity contribution is -0.131. The fourth-order valence-corrected chi connectivity index (χ4v) is 25.0. The van der Waals surface area contributed by atoms with Crippen molar-refractivity contribution in [2.75, 3.05) is 76.7 Å². The summed E-state index contributed by atoms with van der Waals surface area (Å²) >= 11 is 0. The van der Waals surface area contributed by atoms with Gasteiger partial charge in [-0.3, -0.25) is 42.9 Å². The summed E-state index contributed by atoms with van der Waals surface area (Å²) in [5, 5.41) is 20.0. The molecule has 0 radical (unpaired) electrons. The molecule has 8 fully saturated rings. The van der Waals surface area contributed by atoms with Crippen LogP contribution in [0.3, 0.4) is 0 Å². The largest absolute Gasteiger partial charge is 0.341 e. The fourth-order valence-electron chi connectivity index (χ4n) is 21.7. The van der Waals surface area contributed by atoms with Crippen molar-refractivity contribution in [3.63, 3.8) is 0 Å². The van der Waals surface area contributed by atoms with Gasteiger partial charge in [-0.1, -0.05) is 178 Å². The average Bonchev–Trinajstić information content (AvgIpc) is 1.62. The maximum atomic E-state index is 13.4. The van der Waals surface area contributed by atoms with E-state index in [1.165, 1.54) is 132 Å². The molecule has 12 aromatic rings. The molecule has 5 aromatic heterocycles. The van der Waals surface area contributed by atoms with Gasteiger partial charge in [-0.05, 0) is 251 Å². The summed E-state index contributed by atoms with van der Waals surface area (Å²) in [4.78, 5) is 67.0. The molecule has 148 heavy (non-hydrogen) atoms. The summed E-state index contributed by atoms with van der Waals surface area (Å²) < 4.78 is 107. The Balaban J connectivity index is 0.000000135.